The molecule has 0 unspecified atom stereocenters. The number of benzene rings is 1. The van der Waals surface area contributed by atoms with Crippen molar-refractivity contribution in [2.24, 2.45) is 0 Å². The minimum atomic E-state index is -3.64. The molecule has 5 nitrogen and oxygen atoms in total. The fourth-order valence-corrected chi connectivity index (χ4v) is 4.71. The van der Waals surface area contributed by atoms with Crippen LogP contribution in [0.15, 0.2) is 32.2 Å². The van der Waals surface area contributed by atoms with Gasteiger partial charge < -0.3 is 4.52 Å². The van der Waals surface area contributed by atoms with Crippen LogP contribution in [0.4, 0.5) is 0 Å². The van der Waals surface area contributed by atoms with Gasteiger partial charge in [0.1, 0.15) is 0 Å². The number of hydrogen-bond donors (Lipinski definition) is 0. The molecule has 1 aliphatic rings. The molecule has 0 radical (unpaired) electrons. The predicted molar refractivity (Wildman–Crippen MR) is 84.2 cm³/mol. The van der Waals surface area contributed by atoms with E-state index in [4.69, 9.17) is 16.1 Å². The highest BCUT2D eigenvalue weighted by atomic mass is 79.9. The Kier molecular flexibility index (Phi) is 3.91. The highest BCUT2D eigenvalue weighted by Gasteiger charge is 2.34. The van der Waals surface area contributed by atoms with Gasteiger partial charge in [-0.05, 0) is 40.9 Å². The molecular formula is C14H11BrClNO4S. The van der Waals surface area contributed by atoms with E-state index in [-0.39, 0.29) is 25.9 Å². The van der Waals surface area contributed by atoms with Gasteiger partial charge in [-0.1, -0.05) is 16.8 Å². The molecule has 1 fully saturated rings. The van der Waals surface area contributed by atoms with E-state index in [0.29, 0.717) is 11.3 Å². The summed E-state index contributed by atoms with van der Waals surface area (Å²) in [6.07, 6.45) is 4.26. The van der Waals surface area contributed by atoms with Crippen molar-refractivity contribution in [1.29, 1.82) is 0 Å². The number of hydrogen-bond acceptors (Lipinski definition) is 5. The quantitative estimate of drug-likeness (QED) is 0.728. The Hall–Kier alpha value is -1.18. The molecule has 0 bridgehead atoms. The first-order chi connectivity index (χ1) is 10.3. The number of nitrogens with zero attached hydrogens (tertiary/aromatic N) is 1. The summed E-state index contributed by atoms with van der Waals surface area (Å²) in [6, 6.07) is 2.90. The van der Waals surface area contributed by atoms with Crippen molar-refractivity contribution in [1.82, 2.24) is 5.16 Å². The van der Waals surface area contributed by atoms with Crippen molar-refractivity contribution in [3.63, 3.8) is 0 Å². The van der Waals surface area contributed by atoms with Gasteiger partial charge in [0, 0.05) is 17.7 Å². The molecule has 0 N–H and O–H groups in total. The van der Waals surface area contributed by atoms with Crippen LogP contribution in [0.2, 0.25) is 5.02 Å². The highest BCUT2D eigenvalue weighted by Crippen LogP contribution is 2.42. The molecule has 3 rings (SSSR count). The van der Waals surface area contributed by atoms with Crippen molar-refractivity contribution >= 4 is 43.2 Å². The summed E-state index contributed by atoms with van der Waals surface area (Å²) in [5.74, 6) is 0.287. The normalized spacial score (nSPS) is 15.0. The van der Waals surface area contributed by atoms with E-state index >= 15 is 0 Å². The van der Waals surface area contributed by atoms with Gasteiger partial charge in [0.15, 0.2) is 21.4 Å². The maximum Gasteiger partial charge on any atom is 0.199 e. The third-order valence-corrected chi connectivity index (χ3v) is 6.25. The van der Waals surface area contributed by atoms with Crippen LogP contribution in [-0.4, -0.2) is 25.6 Å². The maximum atomic E-state index is 12.8. The summed E-state index contributed by atoms with van der Waals surface area (Å²) >= 11 is 9.12. The Labute approximate surface area is 140 Å². The molecule has 1 heterocycles. The van der Waals surface area contributed by atoms with Crippen LogP contribution in [0.25, 0.3) is 0 Å². The van der Waals surface area contributed by atoms with Crippen molar-refractivity contribution in [2.75, 3.05) is 6.26 Å². The SMILES string of the molecule is CS(=O)(=O)c1c(C(=O)c2cnoc2C2CC2)ccc(Cl)c1Br. The standard InChI is InChI=1S/C14H11BrClNO4S/c1-22(19,20)14-8(4-5-10(16)11(14)15)12(18)9-6-17-21-13(9)7-2-3-7/h4-7H,2-3H2,1H3. The van der Waals surface area contributed by atoms with Gasteiger partial charge in [-0.15, -0.1) is 0 Å². The first-order valence-corrected chi connectivity index (χ1v) is 9.54. The highest BCUT2D eigenvalue weighted by molar-refractivity contribution is 9.10. The number of rotatable bonds is 4. The molecule has 22 heavy (non-hydrogen) atoms. The lowest BCUT2D eigenvalue weighted by atomic mass is 10.0. The molecule has 2 aromatic rings. The Balaban J connectivity index is 2.18. The topological polar surface area (TPSA) is 77.2 Å². The molecule has 0 spiro atoms. The first kappa shape index (κ1) is 15.7. The van der Waals surface area contributed by atoms with Gasteiger partial charge in [-0.3, -0.25) is 4.79 Å². The summed E-state index contributed by atoms with van der Waals surface area (Å²) in [5.41, 5.74) is 0.366. The summed E-state index contributed by atoms with van der Waals surface area (Å²) in [7, 11) is -3.64. The fraction of sp³-hybridized carbons (Fsp3) is 0.286. The number of aromatic nitrogens is 1. The number of carbonyl (C=O) groups excluding carboxylic acids is 1. The molecule has 0 atom stereocenters. The zero-order chi connectivity index (χ0) is 16.1. The fourth-order valence-electron chi connectivity index (χ4n) is 2.28. The van der Waals surface area contributed by atoms with Crippen molar-refractivity contribution in [3.8, 4) is 0 Å². The van der Waals surface area contributed by atoms with Gasteiger partial charge in [0.2, 0.25) is 0 Å². The molecule has 0 amide bonds. The Morgan fingerprint density at radius 1 is 1.36 bits per heavy atom. The third-order valence-electron chi connectivity index (χ3n) is 3.46. The lowest BCUT2D eigenvalue weighted by Gasteiger charge is -2.10. The van der Waals surface area contributed by atoms with E-state index < -0.39 is 15.6 Å². The molecule has 1 saturated carbocycles. The monoisotopic (exact) mass is 403 g/mol. The number of sulfone groups is 1. The first-order valence-electron chi connectivity index (χ1n) is 6.48. The number of ketones is 1. The molecule has 8 heteroatoms. The molecule has 1 aliphatic carbocycles. The number of carbonyl (C=O) groups is 1. The van der Waals surface area contributed by atoms with Crippen LogP contribution in [0.1, 0.15) is 40.4 Å². The van der Waals surface area contributed by atoms with Gasteiger partial charge in [-0.2, -0.15) is 0 Å². The van der Waals surface area contributed by atoms with Crippen molar-refractivity contribution in [2.45, 2.75) is 23.7 Å². The van der Waals surface area contributed by atoms with E-state index in [1.807, 2.05) is 0 Å². The van der Waals surface area contributed by atoms with Crippen molar-refractivity contribution in [3.05, 3.63) is 44.7 Å². The molecule has 0 saturated heterocycles. The van der Waals surface area contributed by atoms with Crippen LogP contribution in [0, 0.1) is 0 Å². The largest absolute Gasteiger partial charge is 0.360 e. The second-order valence-corrected chi connectivity index (χ2v) is 8.37. The minimum absolute atomic E-state index is 0.0591. The van der Waals surface area contributed by atoms with Crippen molar-refractivity contribution < 1.29 is 17.7 Å². The summed E-state index contributed by atoms with van der Waals surface area (Å²) in [6.45, 7) is 0. The lowest BCUT2D eigenvalue weighted by molar-refractivity contribution is 0.103. The van der Waals surface area contributed by atoms with E-state index in [1.165, 1.54) is 18.3 Å². The maximum absolute atomic E-state index is 12.8. The van der Waals surface area contributed by atoms with Gasteiger partial charge in [-0.25, -0.2) is 8.42 Å². The molecular weight excluding hydrogens is 394 g/mol. The minimum Gasteiger partial charge on any atom is -0.360 e. The van der Waals surface area contributed by atoms with Crippen LogP contribution >= 0.6 is 27.5 Å². The molecule has 1 aromatic heterocycles. The summed E-state index contributed by atoms with van der Waals surface area (Å²) < 4.78 is 29.4. The van der Waals surface area contributed by atoms with E-state index in [2.05, 4.69) is 21.1 Å². The summed E-state index contributed by atoms with van der Waals surface area (Å²) in [5, 5.41) is 3.91. The summed E-state index contributed by atoms with van der Waals surface area (Å²) in [4.78, 5) is 12.6. The van der Waals surface area contributed by atoms with E-state index in [1.54, 1.807) is 0 Å². The molecule has 0 aliphatic heterocycles. The third kappa shape index (κ3) is 2.73. The van der Waals surface area contributed by atoms with E-state index in [9.17, 15) is 13.2 Å². The van der Waals surface area contributed by atoms with Crippen LogP contribution in [0.3, 0.4) is 0 Å². The zero-order valence-electron chi connectivity index (χ0n) is 11.5. The zero-order valence-corrected chi connectivity index (χ0v) is 14.6. The lowest BCUT2D eigenvalue weighted by Crippen LogP contribution is -2.11. The Morgan fingerprint density at radius 3 is 2.64 bits per heavy atom. The number of halogens is 2. The van der Waals surface area contributed by atoms with Crippen LogP contribution < -0.4 is 0 Å². The average Bonchev–Trinajstić information content (AvgIpc) is 3.17. The second kappa shape index (κ2) is 5.47. The molecule has 1 aromatic carbocycles. The van der Waals surface area contributed by atoms with Gasteiger partial charge in [0.05, 0.1) is 26.2 Å². The molecule has 116 valence electrons. The predicted octanol–water partition coefficient (Wildman–Crippen LogP) is 3.60. The average molecular weight is 405 g/mol. The van der Waals surface area contributed by atoms with Gasteiger partial charge in [0.25, 0.3) is 0 Å². The Bertz CT molecular complexity index is 871. The van der Waals surface area contributed by atoms with Crippen LogP contribution in [0.5, 0.6) is 0 Å². The van der Waals surface area contributed by atoms with Gasteiger partial charge >= 0.3 is 0 Å². The second-order valence-electron chi connectivity index (χ2n) is 5.22. The smallest absolute Gasteiger partial charge is 0.199 e. The van der Waals surface area contributed by atoms with E-state index in [0.717, 1.165) is 19.1 Å². The Morgan fingerprint density at radius 2 is 2.05 bits per heavy atom. The van der Waals surface area contributed by atoms with Crippen LogP contribution in [-0.2, 0) is 9.84 Å².